The van der Waals surface area contributed by atoms with Gasteiger partial charge in [0.15, 0.2) is 0 Å². The average molecular weight is 288 g/mol. The molecular weight excluding hydrogens is 276 g/mol. The molecule has 0 unspecified atom stereocenters. The van der Waals surface area contributed by atoms with E-state index < -0.39 is 9.85 Å². The zero-order valence-electron chi connectivity index (χ0n) is 10.9. The fourth-order valence-electron chi connectivity index (χ4n) is 1.73. The van der Waals surface area contributed by atoms with E-state index in [1.165, 1.54) is 12.1 Å². The van der Waals surface area contributed by atoms with Crippen LogP contribution in [0.5, 0.6) is 0 Å². The molecule has 8 heteroatoms. The Labute approximate surface area is 119 Å². The van der Waals surface area contributed by atoms with Crippen molar-refractivity contribution in [3.05, 3.63) is 74.3 Å². The van der Waals surface area contributed by atoms with Gasteiger partial charge in [0.2, 0.25) is 0 Å². The van der Waals surface area contributed by atoms with Gasteiger partial charge in [-0.15, -0.1) is 0 Å². The lowest BCUT2D eigenvalue weighted by atomic mass is 10.2. The second-order valence-corrected chi connectivity index (χ2v) is 4.18. The van der Waals surface area contributed by atoms with Gasteiger partial charge in [-0.25, -0.2) is 5.43 Å². The van der Waals surface area contributed by atoms with Gasteiger partial charge >= 0.3 is 5.69 Å². The van der Waals surface area contributed by atoms with Gasteiger partial charge in [0.05, 0.1) is 15.9 Å². The van der Waals surface area contributed by atoms with Crippen molar-refractivity contribution in [3.63, 3.8) is 0 Å². The summed E-state index contributed by atoms with van der Waals surface area (Å²) in [4.78, 5) is 20.2. The minimum Gasteiger partial charge on any atom is -0.315 e. The standard InChI is InChI=1S/C13H12N4O4/c18-16(19)11-6-7-12(13(8-11)17(20)21)15-14-9-10-4-2-1-3-5-10/h1-8,14-15H,9H2. The molecule has 21 heavy (non-hydrogen) atoms. The van der Waals surface area contributed by atoms with Gasteiger partial charge in [0, 0.05) is 12.6 Å². The number of nitro groups is 2. The Morgan fingerprint density at radius 2 is 1.67 bits per heavy atom. The van der Waals surface area contributed by atoms with Gasteiger partial charge in [-0.3, -0.25) is 20.2 Å². The van der Waals surface area contributed by atoms with E-state index in [1.54, 1.807) is 0 Å². The van der Waals surface area contributed by atoms with Crippen molar-refractivity contribution >= 4 is 17.1 Å². The fourth-order valence-corrected chi connectivity index (χ4v) is 1.73. The number of benzene rings is 2. The number of non-ortho nitro benzene ring substituents is 1. The highest BCUT2D eigenvalue weighted by molar-refractivity contribution is 5.64. The maximum Gasteiger partial charge on any atom is 0.300 e. The highest BCUT2D eigenvalue weighted by Gasteiger charge is 2.19. The van der Waals surface area contributed by atoms with Crippen LogP contribution in [0.3, 0.4) is 0 Å². The first-order chi connectivity index (χ1) is 10.1. The Morgan fingerprint density at radius 3 is 2.29 bits per heavy atom. The van der Waals surface area contributed by atoms with E-state index in [4.69, 9.17) is 0 Å². The maximum absolute atomic E-state index is 10.9. The minimum absolute atomic E-state index is 0.168. The highest BCUT2D eigenvalue weighted by Crippen LogP contribution is 2.28. The summed E-state index contributed by atoms with van der Waals surface area (Å²) in [6.07, 6.45) is 0. The molecule has 0 heterocycles. The van der Waals surface area contributed by atoms with Crippen LogP contribution < -0.4 is 10.9 Å². The number of nitrogens with one attached hydrogen (secondary N) is 2. The smallest absolute Gasteiger partial charge is 0.300 e. The Hall–Kier alpha value is -3.00. The first kappa shape index (κ1) is 14.4. The molecule has 2 N–H and O–H groups in total. The Balaban J connectivity index is 2.09. The normalized spacial score (nSPS) is 10.1. The lowest BCUT2D eigenvalue weighted by Crippen LogP contribution is -2.21. The molecule has 0 atom stereocenters. The summed E-state index contributed by atoms with van der Waals surface area (Å²) in [6, 6.07) is 12.9. The Morgan fingerprint density at radius 1 is 0.952 bits per heavy atom. The summed E-state index contributed by atoms with van der Waals surface area (Å²) in [5.41, 5.74) is 6.02. The van der Waals surface area contributed by atoms with Crippen molar-refractivity contribution in [3.8, 4) is 0 Å². The number of rotatable bonds is 6. The molecule has 0 spiro atoms. The molecule has 0 aliphatic carbocycles. The van der Waals surface area contributed by atoms with E-state index in [0.29, 0.717) is 6.54 Å². The van der Waals surface area contributed by atoms with Crippen LogP contribution in [0.1, 0.15) is 5.56 Å². The molecule has 0 bridgehead atoms. The van der Waals surface area contributed by atoms with Gasteiger partial charge in [0.25, 0.3) is 5.69 Å². The molecule has 2 rings (SSSR count). The number of nitrogens with zero attached hydrogens (tertiary/aromatic N) is 2. The molecule has 0 saturated heterocycles. The molecule has 0 fully saturated rings. The highest BCUT2D eigenvalue weighted by atomic mass is 16.6. The van der Waals surface area contributed by atoms with Gasteiger partial charge in [-0.1, -0.05) is 30.3 Å². The second kappa shape index (κ2) is 6.44. The minimum atomic E-state index is -0.672. The SMILES string of the molecule is O=[N+]([O-])c1ccc(NNCc2ccccc2)c([N+](=O)[O-])c1. The number of anilines is 1. The van der Waals surface area contributed by atoms with Crippen LogP contribution in [-0.2, 0) is 6.54 Å². The van der Waals surface area contributed by atoms with Crippen LogP contribution in [0, 0.1) is 20.2 Å². The van der Waals surface area contributed by atoms with Crippen molar-refractivity contribution in [1.29, 1.82) is 0 Å². The van der Waals surface area contributed by atoms with Gasteiger partial charge < -0.3 is 5.43 Å². The molecule has 108 valence electrons. The van der Waals surface area contributed by atoms with Crippen molar-refractivity contribution in [1.82, 2.24) is 5.43 Å². The second-order valence-electron chi connectivity index (χ2n) is 4.18. The van der Waals surface area contributed by atoms with Crippen molar-refractivity contribution < 1.29 is 9.85 Å². The molecule has 0 aliphatic rings. The number of nitro benzene ring substituents is 2. The first-order valence-electron chi connectivity index (χ1n) is 6.03. The predicted octanol–water partition coefficient (Wildman–Crippen LogP) is 2.62. The quantitative estimate of drug-likeness (QED) is 0.624. The van der Waals surface area contributed by atoms with Crippen molar-refractivity contribution in [2.75, 3.05) is 5.43 Å². The summed E-state index contributed by atoms with van der Waals surface area (Å²) in [6.45, 7) is 0.453. The van der Waals surface area contributed by atoms with Gasteiger partial charge in [-0.2, -0.15) is 0 Å². The summed E-state index contributed by atoms with van der Waals surface area (Å²) < 4.78 is 0. The van der Waals surface area contributed by atoms with Gasteiger partial charge in [-0.05, 0) is 11.6 Å². The summed E-state index contributed by atoms with van der Waals surface area (Å²) >= 11 is 0. The lowest BCUT2D eigenvalue weighted by molar-refractivity contribution is -0.393. The average Bonchev–Trinajstić information content (AvgIpc) is 2.48. The third kappa shape index (κ3) is 3.74. The summed E-state index contributed by atoms with van der Waals surface area (Å²) in [7, 11) is 0. The van der Waals surface area contributed by atoms with E-state index in [0.717, 1.165) is 11.6 Å². The molecule has 0 saturated carbocycles. The van der Waals surface area contributed by atoms with Crippen molar-refractivity contribution in [2.45, 2.75) is 6.54 Å². The summed E-state index contributed by atoms with van der Waals surface area (Å²) in [5, 5.41) is 21.6. The van der Waals surface area contributed by atoms with Crippen molar-refractivity contribution in [2.24, 2.45) is 0 Å². The van der Waals surface area contributed by atoms with Crippen LogP contribution in [-0.4, -0.2) is 9.85 Å². The van der Waals surface area contributed by atoms with E-state index in [-0.39, 0.29) is 17.1 Å². The Bertz CT molecular complexity index is 660. The van der Waals surface area contributed by atoms with E-state index in [1.807, 2.05) is 30.3 Å². The molecule has 2 aromatic carbocycles. The molecule has 0 aliphatic heterocycles. The van der Waals surface area contributed by atoms with E-state index in [2.05, 4.69) is 10.9 Å². The molecule has 0 radical (unpaired) electrons. The molecule has 2 aromatic rings. The van der Waals surface area contributed by atoms with Crippen LogP contribution >= 0.6 is 0 Å². The fraction of sp³-hybridized carbons (Fsp3) is 0.0769. The van der Waals surface area contributed by atoms with Crippen LogP contribution in [0.4, 0.5) is 17.1 Å². The molecular formula is C13H12N4O4. The van der Waals surface area contributed by atoms with E-state index in [9.17, 15) is 20.2 Å². The van der Waals surface area contributed by atoms with Crippen LogP contribution in [0.15, 0.2) is 48.5 Å². The topological polar surface area (TPSA) is 110 Å². The largest absolute Gasteiger partial charge is 0.315 e. The number of hydrazine groups is 1. The molecule has 0 amide bonds. The Kier molecular flexibility index (Phi) is 4.42. The third-order valence-corrected chi connectivity index (χ3v) is 2.75. The van der Waals surface area contributed by atoms with Gasteiger partial charge in [0.1, 0.15) is 5.69 Å². The zero-order chi connectivity index (χ0) is 15.2. The third-order valence-electron chi connectivity index (χ3n) is 2.75. The first-order valence-corrected chi connectivity index (χ1v) is 6.03. The monoisotopic (exact) mass is 288 g/mol. The lowest BCUT2D eigenvalue weighted by Gasteiger charge is -2.08. The maximum atomic E-state index is 10.9. The molecule has 0 aromatic heterocycles. The number of hydrogen-bond acceptors (Lipinski definition) is 6. The van der Waals surface area contributed by atoms with Crippen LogP contribution in [0.25, 0.3) is 0 Å². The number of hydrogen-bond donors (Lipinski definition) is 2. The van der Waals surface area contributed by atoms with Crippen LogP contribution in [0.2, 0.25) is 0 Å². The summed E-state index contributed by atoms with van der Waals surface area (Å²) in [5.74, 6) is 0. The zero-order valence-corrected chi connectivity index (χ0v) is 10.9. The molecule has 8 nitrogen and oxygen atoms in total. The predicted molar refractivity (Wildman–Crippen MR) is 76.7 cm³/mol. The van der Waals surface area contributed by atoms with E-state index >= 15 is 0 Å².